The van der Waals surface area contributed by atoms with Gasteiger partial charge in [0.05, 0.1) is 26.8 Å². The standard InChI is InChI=1S/C38H24N2S/c1-3-12-26(13-4-1)39-32-19-9-7-16-29(32)30-23-22-25(24-34(30)39)28-18-11-21-35-36(28)37-38(41-35)31-17-8-10-20-33(31)40(37)27-14-5-2-6-15-27/h1-24H. The van der Waals surface area contributed by atoms with E-state index < -0.39 is 0 Å². The molecule has 192 valence electrons. The molecule has 0 radical (unpaired) electrons. The second-order valence-corrected chi connectivity index (χ2v) is 11.6. The van der Waals surface area contributed by atoms with Crippen molar-refractivity contribution in [3.05, 3.63) is 146 Å². The number of aromatic nitrogens is 2. The van der Waals surface area contributed by atoms with Gasteiger partial charge in [0.2, 0.25) is 0 Å². The van der Waals surface area contributed by atoms with E-state index in [4.69, 9.17) is 0 Å². The molecule has 0 saturated carbocycles. The van der Waals surface area contributed by atoms with Crippen LogP contribution in [0.1, 0.15) is 0 Å². The molecule has 3 aromatic heterocycles. The van der Waals surface area contributed by atoms with Crippen LogP contribution in [0.5, 0.6) is 0 Å². The Hall–Kier alpha value is -5.12. The minimum atomic E-state index is 1.18. The summed E-state index contributed by atoms with van der Waals surface area (Å²) in [5.74, 6) is 0. The van der Waals surface area contributed by atoms with Gasteiger partial charge in [-0.3, -0.25) is 0 Å². The number of rotatable bonds is 3. The molecule has 9 aromatic rings. The van der Waals surface area contributed by atoms with Gasteiger partial charge in [0.1, 0.15) is 0 Å². The maximum atomic E-state index is 2.45. The molecule has 9 rings (SSSR count). The lowest BCUT2D eigenvalue weighted by Crippen LogP contribution is -1.94. The van der Waals surface area contributed by atoms with E-state index in [1.165, 1.54) is 75.5 Å². The highest BCUT2D eigenvalue weighted by Gasteiger charge is 2.21. The van der Waals surface area contributed by atoms with Crippen molar-refractivity contribution in [1.82, 2.24) is 9.13 Å². The van der Waals surface area contributed by atoms with Crippen molar-refractivity contribution in [2.45, 2.75) is 0 Å². The number of hydrogen-bond acceptors (Lipinski definition) is 1. The number of para-hydroxylation sites is 4. The normalized spacial score (nSPS) is 11.9. The molecule has 0 aliphatic rings. The summed E-state index contributed by atoms with van der Waals surface area (Å²) in [6, 6.07) is 52.8. The Labute approximate surface area is 240 Å². The van der Waals surface area contributed by atoms with Crippen LogP contribution in [0, 0.1) is 0 Å². The van der Waals surface area contributed by atoms with Crippen LogP contribution < -0.4 is 0 Å². The van der Waals surface area contributed by atoms with Crippen LogP contribution in [0.25, 0.3) is 75.5 Å². The van der Waals surface area contributed by atoms with E-state index in [1.807, 2.05) is 11.3 Å². The number of fused-ring (bicyclic) bond motifs is 8. The van der Waals surface area contributed by atoms with Crippen molar-refractivity contribution < 1.29 is 0 Å². The van der Waals surface area contributed by atoms with Crippen molar-refractivity contribution in [1.29, 1.82) is 0 Å². The van der Waals surface area contributed by atoms with Crippen LogP contribution in [0.2, 0.25) is 0 Å². The summed E-state index contributed by atoms with van der Waals surface area (Å²) in [6.07, 6.45) is 0. The molecule has 6 aromatic carbocycles. The summed E-state index contributed by atoms with van der Waals surface area (Å²) in [5, 5.41) is 5.17. The summed E-state index contributed by atoms with van der Waals surface area (Å²) >= 11 is 1.90. The lowest BCUT2D eigenvalue weighted by atomic mass is 9.99. The van der Waals surface area contributed by atoms with E-state index in [-0.39, 0.29) is 0 Å². The molecule has 0 saturated heterocycles. The van der Waals surface area contributed by atoms with Gasteiger partial charge in [0.25, 0.3) is 0 Å². The Morgan fingerprint density at radius 1 is 0.439 bits per heavy atom. The van der Waals surface area contributed by atoms with E-state index in [9.17, 15) is 0 Å². The second-order valence-electron chi connectivity index (χ2n) is 10.6. The highest BCUT2D eigenvalue weighted by molar-refractivity contribution is 7.26. The molecule has 3 heterocycles. The zero-order chi connectivity index (χ0) is 26.9. The molecule has 41 heavy (non-hydrogen) atoms. The summed E-state index contributed by atoms with van der Waals surface area (Å²) in [5.41, 5.74) is 9.85. The fourth-order valence-electron chi connectivity index (χ4n) is 6.59. The highest BCUT2D eigenvalue weighted by Crippen LogP contribution is 2.46. The average Bonchev–Trinajstić information content (AvgIpc) is 3.68. The molecule has 0 aliphatic carbocycles. The van der Waals surface area contributed by atoms with Gasteiger partial charge in [-0.1, -0.05) is 97.1 Å². The maximum Gasteiger partial charge on any atom is 0.0734 e. The van der Waals surface area contributed by atoms with Gasteiger partial charge in [0.15, 0.2) is 0 Å². The van der Waals surface area contributed by atoms with Crippen molar-refractivity contribution in [2.75, 3.05) is 0 Å². The lowest BCUT2D eigenvalue weighted by Gasteiger charge is -2.11. The van der Waals surface area contributed by atoms with Gasteiger partial charge in [-0.05, 0) is 59.7 Å². The first-order valence-electron chi connectivity index (χ1n) is 14.0. The number of benzene rings is 6. The zero-order valence-electron chi connectivity index (χ0n) is 22.2. The van der Waals surface area contributed by atoms with Gasteiger partial charge >= 0.3 is 0 Å². The fraction of sp³-hybridized carbons (Fsp3) is 0. The summed E-state index contributed by atoms with van der Waals surface area (Å²) in [4.78, 5) is 0. The molecule has 0 atom stereocenters. The highest BCUT2D eigenvalue weighted by atomic mass is 32.1. The number of thiophene rings is 1. The van der Waals surface area contributed by atoms with Crippen LogP contribution >= 0.6 is 11.3 Å². The summed E-state index contributed by atoms with van der Waals surface area (Å²) in [6.45, 7) is 0. The zero-order valence-corrected chi connectivity index (χ0v) is 23.0. The van der Waals surface area contributed by atoms with Crippen molar-refractivity contribution in [3.8, 4) is 22.5 Å². The van der Waals surface area contributed by atoms with Crippen molar-refractivity contribution in [2.24, 2.45) is 0 Å². The topological polar surface area (TPSA) is 9.86 Å². The third-order valence-electron chi connectivity index (χ3n) is 8.32. The first-order valence-corrected chi connectivity index (χ1v) is 14.8. The van der Waals surface area contributed by atoms with E-state index in [2.05, 4.69) is 155 Å². The minimum Gasteiger partial charge on any atom is -0.309 e. The van der Waals surface area contributed by atoms with Crippen LogP contribution in [0.4, 0.5) is 0 Å². The average molecular weight is 541 g/mol. The SMILES string of the molecule is c1ccc(-n2c3ccccc3c3ccc(-c4cccc5sc6c7ccccc7n(-c7ccccc7)c6c45)cc32)cc1. The second kappa shape index (κ2) is 8.69. The molecular formula is C38H24N2S. The molecule has 0 aliphatic heterocycles. The molecular weight excluding hydrogens is 516 g/mol. The molecule has 0 fully saturated rings. The van der Waals surface area contributed by atoms with Crippen LogP contribution in [-0.4, -0.2) is 9.13 Å². The first-order chi connectivity index (χ1) is 20.4. The monoisotopic (exact) mass is 540 g/mol. The van der Waals surface area contributed by atoms with Crippen molar-refractivity contribution >= 4 is 64.3 Å². The Balaban J connectivity index is 1.40. The Bertz CT molecular complexity index is 2410. The molecule has 0 amide bonds. The Kier molecular flexibility index (Phi) is 4.80. The quantitative estimate of drug-likeness (QED) is 0.211. The van der Waals surface area contributed by atoms with Gasteiger partial charge < -0.3 is 9.13 Å². The molecule has 0 unspecified atom stereocenters. The van der Waals surface area contributed by atoms with Crippen molar-refractivity contribution in [3.63, 3.8) is 0 Å². The first kappa shape index (κ1) is 22.7. The predicted molar refractivity (Wildman–Crippen MR) is 176 cm³/mol. The van der Waals surface area contributed by atoms with Crippen LogP contribution in [0.15, 0.2) is 146 Å². The van der Waals surface area contributed by atoms with E-state index in [0.29, 0.717) is 0 Å². The van der Waals surface area contributed by atoms with E-state index in [0.717, 1.165) is 0 Å². The van der Waals surface area contributed by atoms with Gasteiger partial charge in [-0.15, -0.1) is 11.3 Å². The Morgan fingerprint density at radius 3 is 1.80 bits per heavy atom. The molecule has 0 spiro atoms. The molecule has 2 nitrogen and oxygen atoms in total. The molecule has 0 bridgehead atoms. The van der Waals surface area contributed by atoms with Crippen LogP contribution in [0.3, 0.4) is 0 Å². The van der Waals surface area contributed by atoms with Gasteiger partial charge in [-0.25, -0.2) is 0 Å². The maximum absolute atomic E-state index is 2.45. The summed E-state index contributed by atoms with van der Waals surface area (Å²) in [7, 11) is 0. The smallest absolute Gasteiger partial charge is 0.0734 e. The summed E-state index contributed by atoms with van der Waals surface area (Å²) < 4.78 is 7.50. The fourth-order valence-corrected chi connectivity index (χ4v) is 7.84. The third-order valence-corrected chi connectivity index (χ3v) is 9.49. The predicted octanol–water partition coefficient (Wildman–Crippen LogP) is 10.8. The number of nitrogens with zero attached hydrogens (tertiary/aromatic N) is 2. The third kappa shape index (κ3) is 3.24. The minimum absolute atomic E-state index is 1.18. The Morgan fingerprint density at radius 2 is 1.05 bits per heavy atom. The van der Waals surface area contributed by atoms with Crippen LogP contribution in [-0.2, 0) is 0 Å². The van der Waals surface area contributed by atoms with E-state index >= 15 is 0 Å². The van der Waals surface area contributed by atoms with Gasteiger partial charge in [-0.2, -0.15) is 0 Å². The largest absolute Gasteiger partial charge is 0.309 e. The number of hydrogen-bond donors (Lipinski definition) is 0. The lowest BCUT2D eigenvalue weighted by molar-refractivity contribution is 1.18. The van der Waals surface area contributed by atoms with Gasteiger partial charge in [0, 0.05) is 37.6 Å². The molecule has 3 heteroatoms. The molecule has 0 N–H and O–H groups in total. The van der Waals surface area contributed by atoms with E-state index in [1.54, 1.807) is 0 Å².